The number of fused-ring (bicyclic) bond motifs is 1. The second-order valence-corrected chi connectivity index (χ2v) is 5.82. The maximum absolute atomic E-state index is 10.9. The van der Waals surface area contributed by atoms with Crippen LogP contribution >= 0.6 is 0 Å². The number of nitrogens with one attached hydrogen (secondary N) is 1. The third-order valence-electron chi connectivity index (χ3n) is 3.97. The molecule has 0 saturated carbocycles. The summed E-state index contributed by atoms with van der Waals surface area (Å²) in [7, 11) is 1.60. The number of anilines is 1. The van der Waals surface area contributed by atoms with E-state index in [1.807, 2.05) is 13.8 Å². The Morgan fingerprint density at radius 3 is 3.00 bits per heavy atom. The minimum atomic E-state index is -0.406. The highest BCUT2D eigenvalue weighted by Gasteiger charge is 2.36. The van der Waals surface area contributed by atoms with E-state index in [4.69, 9.17) is 6.17 Å². The molecule has 2 rings (SSSR count). The summed E-state index contributed by atoms with van der Waals surface area (Å²) in [5.41, 5.74) is 1.44. The predicted molar refractivity (Wildman–Crippen MR) is 75.7 cm³/mol. The highest BCUT2D eigenvalue weighted by Crippen LogP contribution is 2.41. The molecule has 1 aliphatic rings. The van der Waals surface area contributed by atoms with Gasteiger partial charge in [0, 0.05) is 42.0 Å². The van der Waals surface area contributed by atoms with Crippen LogP contribution in [0.3, 0.4) is 0 Å². The van der Waals surface area contributed by atoms with Crippen molar-refractivity contribution < 1.29 is 14.8 Å². The first-order valence-corrected chi connectivity index (χ1v) is 6.55. The Morgan fingerprint density at radius 2 is 2.40 bits per heavy atom. The third-order valence-corrected chi connectivity index (χ3v) is 3.97. The van der Waals surface area contributed by atoms with Gasteiger partial charge in [-0.05, 0) is 12.5 Å². The van der Waals surface area contributed by atoms with E-state index in [9.17, 15) is 10.1 Å². The fourth-order valence-electron chi connectivity index (χ4n) is 2.49. The van der Waals surface area contributed by atoms with Gasteiger partial charge in [-0.1, -0.05) is 13.8 Å². The number of non-ortho nitro benzene ring substituents is 1. The second-order valence-electron chi connectivity index (χ2n) is 5.82. The minimum Gasteiger partial charge on any atom is -0.396 e. The summed E-state index contributed by atoms with van der Waals surface area (Å²) in [5.74, 6) is 0. The van der Waals surface area contributed by atoms with Crippen molar-refractivity contribution in [3.05, 3.63) is 33.9 Å². The van der Waals surface area contributed by atoms with E-state index in [2.05, 4.69) is 10.4 Å². The average molecular weight is 282 g/mol. The SMILES string of the molecule is [3H]OCC(C)(C)C1CC(OC)c2cc([N+](=O)[O-])ccc2N1. The molecule has 6 heteroatoms. The molecule has 1 aromatic carbocycles. The third kappa shape index (κ3) is 2.62. The van der Waals surface area contributed by atoms with E-state index < -0.39 is 4.92 Å². The number of hydrogen-bond acceptors (Lipinski definition) is 5. The van der Waals surface area contributed by atoms with Crippen molar-refractivity contribution in [3.63, 3.8) is 0 Å². The molecule has 0 aromatic heterocycles. The van der Waals surface area contributed by atoms with Gasteiger partial charge in [-0.2, -0.15) is 0 Å². The first-order valence-electron chi connectivity index (χ1n) is 6.95. The van der Waals surface area contributed by atoms with Crippen molar-refractivity contribution in [2.45, 2.75) is 32.4 Å². The minimum absolute atomic E-state index is 0.0572. The lowest BCUT2D eigenvalue weighted by Crippen LogP contribution is -2.42. The quantitative estimate of drug-likeness (QED) is 0.640. The van der Waals surface area contributed by atoms with Gasteiger partial charge in [-0.15, -0.1) is 0 Å². The van der Waals surface area contributed by atoms with Gasteiger partial charge in [0.2, 0.25) is 1.43 Å². The summed E-state index contributed by atoms with van der Waals surface area (Å²) < 4.78 is 12.5. The van der Waals surface area contributed by atoms with Crippen molar-refractivity contribution in [1.29, 1.82) is 1.43 Å². The molecule has 0 aliphatic carbocycles. The molecule has 110 valence electrons. The molecule has 2 N–H and O–H groups in total. The van der Waals surface area contributed by atoms with Crippen molar-refractivity contribution in [2.24, 2.45) is 5.41 Å². The van der Waals surface area contributed by atoms with E-state index >= 15 is 0 Å². The molecule has 0 bridgehead atoms. The summed E-state index contributed by atoms with van der Waals surface area (Å²) in [6.45, 7) is 4.33. The van der Waals surface area contributed by atoms with Crippen LogP contribution in [0.1, 0.15) is 31.9 Å². The zero-order valence-corrected chi connectivity index (χ0v) is 11.9. The van der Waals surface area contributed by atoms with E-state index in [-0.39, 0.29) is 23.2 Å². The van der Waals surface area contributed by atoms with Crippen molar-refractivity contribution >= 4 is 11.4 Å². The summed E-state index contributed by atoms with van der Waals surface area (Å²) in [5, 5.41) is 18.8. The number of rotatable bonds is 5. The molecule has 1 heterocycles. The number of aliphatic hydroxyl groups is 1. The molecule has 20 heavy (non-hydrogen) atoms. The van der Waals surface area contributed by atoms with Crippen LogP contribution in [0.25, 0.3) is 0 Å². The largest absolute Gasteiger partial charge is 0.396 e. The van der Waals surface area contributed by atoms with Crippen LogP contribution in [0.15, 0.2) is 18.2 Å². The van der Waals surface area contributed by atoms with Gasteiger partial charge >= 0.3 is 0 Å². The summed E-state index contributed by atoms with van der Waals surface area (Å²) in [4.78, 5) is 10.5. The molecule has 1 aliphatic heterocycles. The molecule has 0 saturated heterocycles. The number of methoxy groups -OCH3 is 1. The lowest BCUT2D eigenvalue weighted by Gasteiger charge is -2.40. The normalized spacial score (nSPS) is 22.6. The first kappa shape index (κ1) is 13.3. The van der Waals surface area contributed by atoms with Crippen LogP contribution in [-0.4, -0.2) is 31.2 Å². The van der Waals surface area contributed by atoms with Crippen molar-refractivity contribution in [2.75, 3.05) is 19.0 Å². The van der Waals surface area contributed by atoms with Gasteiger partial charge in [0.1, 0.15) is 0 Å². The van der Waals surface area contributed by atoms with Crippen LogP contribution in [0.4, 0.5) is 11.4 Å². The Hall–Kier alpha value is -1.66. The Balaban J connectivity index is 2.33. The van der Waals surface area contributed by atoms with Gasteiger partial charge in [0.05, 0.1) is 17.6 Å². The Labute approximate surface area is 119 Å². The number of nitro groups is 1. The van der Waals surface area contributed by atoms with E-state index in [1.165, 1.54) is 6.07 Å². The van der Waals surface area contributed by atoms with Gasteiger partial charge in [0.15, 0.2) is 0 Å². The van der Waals surface area contributed by atoms with Crippen LogP contribution in [0, 0.1) is 15.5 Å². The highest BCUT2D eigenvalue weighted by molar-refractivity contribution is 5.59. The number of benzene rings is 1. The molecule has 0 spiro atoms. The molecule has 2 atom stereocenters. The van der Waals surface area contributed by atoms with Crippen LogP contribution < -0.4 is 5.32 Å². The monoisotopic (exact) mass is 282 g/mol. The van der Waals surface area contributed by atoms with Crippen molar-refractivity contribution in [1.82, 2.24) is 0 Å². The lowest BCUT2D eigenvalue weighted by atomic mass is 9.78. The number of ether oxygens (including phenoxy) is 1. The van der Waals surface area contributed by atoms with Gasteiger partial charge < -0.3 is 15.2 Å². The number of nitrogens with zero attached hydrogens (tertiary/aromatic N) is 1. The summed E-state index contributed by atoms with van der Waals surface area (Å²) in [6, 6.07) is 4.81. The maximum atomic E-state index is 10.9. The van der Waals surface area contributed by atoms with Crippen LogP contribution in [0.5, 0.6) is 0 Å². The maximum Gasteiger partial charge on any atom is 0.269 e. The average Bonchev–Trinajstić information content (AvgIpc) is 2.45. The molecule has 1 aromatic rings. The highest BCUT2D eigenvalue weighted by atomic mass is 16.6. The number of hydrogen-bond donors (Lipinski definition) is 2. The molecule has 2 unspecified atom stereocenters. The zero-order chi connectivity index (χ0) is 15.6. The predicted octanol–water partition coefficient (Wildman–Crippen LogP) is 2.49. The lowest BCUT2D eigenvalue weighted by molar-refractivity contribution is -0.385. The van der Waals surface area contributed by atoms with E-state index in [0.29, 0.717) is 13.0 Å². The molecule has 0 fully saturated rings. The summed E-state index contributed by atoms with van der Waals surface area (Å²) >= 11 is 0. The molecular formula is C14H20N2O4. The van der Waals surface area contributed by atoms with Gasteiger partial charge in [0.25, 0.3) is 5.69 Å². The Morgan fingerprint density at radius 1 is 1.65 bits per heavy atom. The molecule has 6 nitrogen and oxygen atoms in total. The smallest absolute Gasteiger partial charge is 0.269 e. The summed E-state index contributed by atoms with van der Waals surface area (Å²) in [6.07, 6.45) is 0.456. The van der Waals surface area contributed by atoms with E-state index in [0.717, 1.165) is 11.3 Å². The number of nitro benzene ring substituents is 1. The fourth-order valence-corrected chi connectivity index (χ4v) is 2.49. The van der Waals surface area contributed by atoms with Crippen molar-refractivity contribution in [3.8, 4) is 0 Å². The topological polar surface area (TPSA) is 84.6 Å². The fraction of sp³-hybridized carbons (Fsp3) is 0.571. The van der Waals surface area contributed by atoms with Gasteiger partial charge in [-0.3, -0.25) is 10.1 Å². The van der Waals surface area contributed by atoms with E-state index in [1.54, 1.807) is 19.2 Å². The molecular weight excluding hydrogens is 260 g/mol. The number of aliphatic hydroxyl groups excluding tert-OH is 1. The Kier molecular flexibility index (Phi) is 3.58. The second kappa shape index (κ2) is 5.38. The van der Waals surface area contributed by atoms with Gasteiger partial charge in [-0.25, -0.2) is 0 Å². The van der Waals surface area contributed by atoms with Crippen LogP contribution in [0.2, 0.25) is 0 Å². The molecule has 0 amide bonds. The van der Waals surface area contributed by atoms with Crippen LogP contribution in [-0.2, 0) is 4.74 Å². The zero-order valence-electron chi connectivity index (χ0n) is 12.9. The molecule has 0 radical (unpaired) electrons. The standard InChI is InChI=1S/C14H20N2O4/c1-14(2,8-17)13-7-12(20-3)10-6-9(16(18)19)4-5-11(10)15-13/h4-6,12-13,15,17H,7-8H2,1-3H3/i17T. The Bertz CT molecular complexity index is 536. The first-order chi connectivity index (χ1) is 9.89.